The number of nitrogens with zero attached hydrogens (tertiary/aromatic N) is 4. The van der Waals surface area contributed by atoms with Gasteiger partial charge in [-0.2, -0.15) is 10.4 Å². The SMILES string of the molecule is C[C@H](CC(=O)[C@@H]1C[C@@H](O)CN1C(=O)[C@@H](NC(=O)COCCCCOc1ccc(C(=O)CC2C(C)(C)C(Oc3ccc(C#N)c(Cl)c3)C2(C)C)cc1)C(C)(C)C)c1ccc(-n2cccn2)cc1. The third kappa shape index (κ3) is 11.7. The van der Waals surface area contributed by atoms with Crippen LogP contribution in [0.25, 0.3) is 5.69 Å². The van der Waals surface area contributed by atoms with Gasteiger partial charge >= 0.3 is 0 Å². The van der Waals surface area contributed by atoms with Gasteiger partial charge in [-0.3, -0.25) is 19.2 Å². The minimum atomic E-state index is -0.943. The van der Waals surface area contributed by atoms with Crippen molar-refractivity contribution in [3.63, 3.8) is 0 Å². The number of nitrogens with one attached hydrogen (secondary N) is 1. The maximum atomic E-state index is 14.1. The summed E-state index contributed by atoms with van der Waals surface area (Å²) in [5.74, 6) is 0.251. The number of unbranched alkanes of at least 4 members (excludes halogenated alkanes) is 1. The Bertz CT molecular complexity index is 2350. The Morgan fingerprint density at radius 1 is 0.970 bits per heavy atom. The van der Waals surface area contributed by atoms with Crippen LogP contribution in [0.15, 0.2) is 85.2 Å². The molecule has 2 heterocycles. The molecule has 1 aliphatic carbocycles. The molecule has 1 aliphatic heterocycles. The number of aliphatic hydroxyl groups excluding tert-OH is 1. The molecular weight excluding hydrogens is 858 g/mol. The largest absolute Gasteiger partial charge is 0.494 e. The number of halogens is 1. The van der Waals surface area contributed by atoms with Crippen LogP contribution in [0, 0.1) is 33.5 Å². The van der Waals surface area contributed by atoms with Crippen molar-refractivity contribution >= 4 is 35.0 Å². The Kier molecular flexibility index (Phi) is 15.8. The number of benzene rings is 3. The van der Waals surface area contributed by atoms with E-state index in [0.29, 0.717) is 60.1 Å². The van der Waals surface area contributed by atoms with Crippen LogP contribution in [0.5, 0.6) is 11.5 Å². The lowest BCUT2D eigenvalue weighted by Crippen LogP contribution is -2.66. The summed E-state index contributed by atoms with van der Waals surface area (Å²) in [6.07, 6.45) is 4.57. The number of ether oxygens (including phenoxy) is 3. The Morgan fingerprint density at radius 2 is 1.64 bits per heavy atom. The molecule has 66 heavy (non-hydrogen) atoms. The fraction of sp³-hybridized carbons (Fsp3) is 0.500. The van der Waals surface area contributed by atoms with Gasteiger partial charge < -0.3 is 29.5 Å². The number of carbonyl (C=O) groups is 4. The topological polar surface area (TPSA) is 173 Å². The lowest BCUT2D eigenvalue weighted by atomic mass is 9.44. The first-order valence-electron chi connectivity index (χ1n) is 22.8. The van der Waals surface area contributed by atoms with Crippen molar-refractivity contribution in [2.75, 3.05) is 26.4 Å². The Balaban J connectivity index is 0.903. The second-order valence-electron chi connectivity index (χ2n) is 20.1. The zero-order chi connectivity index (χ0) is 48.0. The predicted molar refractivity (Wildman–Crippen MR) is 252 cm³/mol. The Labute approximate surface area is 393 Å². The van der Waals surface area contributed by atoms with Crippen LogP contribution in [-0.4, -0.2) is 93.8 Å². The van der Waals surface area contributed by atoms with Crippen LogP contribution in [0.4, 0.5) is 0 Å². The van der Waals surface area contributed by atoms with Crippen LogP contribution < -0.4 is 14.8 Å². The smallest absolute Gasteiger partial charge is 0.246 e. The second-order valence-corrected chi connectivity index (χ2v) is 20.5. The van der Waals surface area contributed by atoms with E-state index in [1.807, 2.05) is 64.2 Å². The number of rotatable bonds is 20. The Morgan fingerprint density at radius 3 is 2.26 bits per heavy atom. The average molecular weight is 923 g/mol. The number of aliphatic hydroxyl groups is 1. The van der Waals surface area contributed by atoms with E-state index in [2.05, 4.69) is 44.2 Å². The summed E-state index contributed by atoms with van der Waals surface area (Å²) in [6, 6.07) is 22.2. The van der Waals surface area contributed by atoms with Gasteiger partial charge in [0.2, 0.25) is 11.8 Å². The van der Waals surface area contributed by atoms with Gasteiger partial charge in [-0.05, 0) is 90.3 Å². The van der Waals surface area contributed by atoms with E-state index in [9.17, 15) is 29.5 Å². The molecule has 2 N–H and O–H groups in total. The third-order valence-corrected chi connectivity index (χ3v) is 13.6. The molecule has 2 amide bonds. The van der Waals surface area contributed by atoms with Crippen molar-refractivity contribution in [2.45, 2.75) is 118 Å². The van der Waals surface area contributed by atoms with Crippen molar-refractivity contribution < 1.29 is 38.5 Å². The molecule has 6 rings (SSSR count). The van der Waals surface area contributed by atoms with Crippen LogP contribution in [0.2, 0.25) is 5.02 Å². The molecule has 2 fully saturated rings. The van der Waals surface area contributed by atoms with Crippen LogP contribution in [-0.2, 0) is 19.1 Å². The second kappa shape index (κ2) is 21.0. The molecule has 4 aromatic rings. The number of amides is 2. The number of nitriles is 1. The van der Waals surface area contributed by atoms with Crippen LogP contribution in [0.3, 0.4) is 0 Å². The van der Waals surface area contributed by atoms with E-state index < -0.39 is 35.4 Å². The lowest BCUT2D eigenvalue weighted by molar-refractivity contribution is -0.196. The molecule has 0 radical (unpaired) electrons. The van der Waals surface area contributed by atoms with Gasteiger partial charge in [0, 0.05) is 67.3 Å². The molecule has 1 aromatic heterocycles. The molecule has 14 heteroatoms. The third-order valence-electron chi connectivity index (χ3n) is 13.3. The summed E-state index contributed by atoms with van der Waals surface area (Å²) in [4.78, 5) is 55.8. The normalized spacial score (nSPS) is 20.7. The van der Waals surface area contributed by atoms with Crippen LogP contribution >= 0.6 is 11.6 Å². The molecular formula is C52H64ClN5O8. The number of aromatic nitrogens is 2. The highest BCUT2D eigenvalue weighted by Crippen LogP contribution is 2.61. The first-order chi connectivity index (χ1) is 31.2. The molecule has 0 spiro atoms. The summed E-state index contributed by atoms with van der Waals surface area (Å²) in [6.45, 7) is 16.5. The van der Waals surface area contributed by atoms with E-state index in [1.54, 1.807) is 53.3 Å². The zero-order valence-electron chi connectivity index (χ0n) is 39.4. The number of β-amino-alcohol motifs (C(OH)–C–C–N with tert-alkyl or cyclic N) is 1. The molecule has 3 aromatic carbocycles. The lowest BCUT2D eigenvalue weighted by Gasteiger charge is -2.63. The van der Waals surface area contributed by atoms with E-state index >= 15 is 0 Å². The number of hydrogen-bond donors (Lipinski definition) is 2. The highest BCUT2D eigenvalue weighted by Gasteiger charge is 2.63. The minimum absolute atomic E-state index is 0.0139. The fourth-order valence-electron chi connectivity index (χ4n) is 9.83. The average Bonchev–Trinajstić information content (AvgIpc) is 3.96. The molecule has 1 saturated carbocycles. The standard InChI is InChI=1S/C52H64ClN5O8/c1-33(34-12-17-37(18-13-34)58-23-11-22-55-58)26-44(61)42-27-38(59)31-57(42)48(63)47(50(2,3)4)56-46(62)32-64-24-9-10-25-65-39-19-14-35(15-20-39)43(60)29-45-51(5,6)49(52(45,7)8)66-40-21-16-36(30-54)41(53)28-40/h11-23,28,33,38,42,45,47,49,59H,9-10,24-27,29,31-32H2,1-8H3,(H,56,62)/t33-,38-,42+,45?,47-,49?/m1/s1. The van der Waals surface area contributed by atoms with Crippen molar-refractivity contribution in [2.24, 2.45) is 22.2 Å². The number of Topliss-reactive ketones (excluding diaryl/α,β-unsaturated/α-hetero) is 2. The number of likely N-dealkylation sites (tertiary alicyclic amines) is 1. The van der Waals surface area contributed by atoms with E-state index in [-0.39, 0.29) is 66.3 Å². The minimum Gasteiger partial charge on any atom is -0.494 e. The monoisotopic (exact) mass is 921 g/mol. The maximum Gasteiger partial charge on any atom is 0.246 e. The van der Waals surface area contributed by atoms with Gasteiger partial charge in [0.05, 0.1) is 35.0 Å². The number of carbonyl (C=O) groups excluding carboxylic acids is 4. The first-order valence-corrected chi connectivity index (χ1v) is 23.2. The van der Waals surface area contributed by atoms with Crippen molar-refractivity contribution in [1.82, 2.24) is 20.0 Å². The summed E-state index contributed by atoms with van der Waals surface area (Å²) in [5, 5.41) is 27.3. The molecule has 0 unspecified atom stereocenters. The molecule has 4 atom stereocenters. The number of ketones is 2. The Hall–Kier alpha value is -5.55. The van der Waals surface area contributed by atoms with Crippen molar-refractivity contribution in [3.8, 4) is 23.3 Å². The fourth-order valence-corrected chi connectivity index (χ4v) is 10.0. The van der Waals surface area contributed by atoms with Crippen LogP contribution in [0.1, 0.15) is 115 Å². The van der Waals surface area contributed by atoms with Gasteiger partial charge in [0.15, 0.2) is 11.6 Å². The van der Waals surface area contributed by atoms with Gasteiger partial charge in [0.25, 0.3) is 0 Å². The summed E-state index contributed by atoms with van der Waals surface area (Å²) in [5.41, 5.74) is 1.63. The van der Waals surface area contributed by atoms with Crippen molar-refractivity contribution in [1.29, 1.82) is 5.26 Å². The van der Waals surface area contributed by atoms with Gasteiger partial charge in [0.1, 0.15) is 36.3 Å². The highest BCUT2D eigenvalue weighted by molar-refractivity contribution is 6.31. The summed E-state index contributed by atoms with van der Waals surface area (Å²) >= 11 is 6.25. The molecule has 0 bridgehead atoms. The van der Waals surface area contributed by atoms with E-state index in [0.717, 1.165) is 11.3 Å². The maximum absolute atomic E-state index is 14.1. The molecule has 13 nitrogen and oxygen atoms in total. The highest BCUT2D eigenvalue weighted by atomic mass is 35.5. The first kappa shape index (κ1) is 49.9. The van der Waals surface area contributed by atoms with E-state index in [1.165, 1.54) is 4.90 Å². The summed E-state index contributed by atoms with van der Waals surface area (Å²) in [7, 11) is 0. The predicted octanol–water partition coefficient (Wildman–Crippen LogP) is 8.53. The molecule has 352 valence electrons. The zero-order valence-corrected chi connectivity index (χ0v) is 40.1. The quantitative estimate of drug-likeness (QED) is 0.0646. The molecule has 1 saturated heterocycles. The molecule has 2 aliphatic rings. The van der Waals surface area contributed by atoms with Gasteiger partial charge in [-0.15, -0.1) is 0 Å². The van der Waals surface area contributed by atoms with Gasteiger partial charge in [-0.1, -0.05) is 79.1 Å². The van der Waals surface area contributed by atoms with Crippen molar-refractivity contribution in [3.05, 3.63) is 107 Å². The summed E-state index contributed by atoms with van der Waals surface area (Å²) < 4.78 is 19.7. The van der Waals surface area contributed by atoms with Gasteiger partial charge in [-0.25, -0.2) is 4.68 Å². The van der Waals surface area contributed by atoms with E-state index in [4.69, 9.17) is 25.8 Å². The number of hydrogen-bond acceptors (Lipinski definition) is 10.